The molecule has 1 aromatic heterocycles. The van der Waals surface area contributed by atoms with E-state index in [1.807, 2.05) is 51.1 Å². The molecule has 0 bridgehead atoms. The summed E-state index contributed by atoms with van der Waals surface area (Å²) in [4.78, 5) is 31.3. The largest absolute Gasteiger partial charge is 0.492 e. The Labute approximate surface area is 227 Å². The smallest absolute Gasteiger partial charge is 0.326 e. The highest BCUT2D eigenvalue weighted by Gasteiger charge is 2.24. The van der Waals surface area contributed by atoms with Gasteiger partial charge < -0.3 is 20.5 Å². The molecule has 1 unspecified atom stereocenters. The molecule has 2 aromatic rings. The van der Waals surface area contributed by atoms with E-state index in [1.165, 1.54) is 5.56 Å². The number of unbranched alkanes of at least 4 members (excludes halogenated alkanes) is 1. The first-order valence-electron chi connectivity index (χ1n) is 13.8. The molecule has 1 aliphatic heterocycles. The Hall–Kier alpha value is -3.13. The Morgan fingerprint density at radius 3 is 2.63 bits per heavy atom. The normalized spacial score (nSPS) is 13.9. The van der Waals surface area contributed by atoms with Crippen molar-refractivity contribution >= 4 is 17.7 Å². The lowest BCUT2D eigenvalue weighted by molar-refractivity contribution is -0.142. The van der Waals surface area contributed by atoms with E-state index in [0.717, 1.165) is 62.5 Å². The third kappa shape index (κ3) is 10.7. The number of benzene rings is 1. The Kier molecular flexibility index (Phi) is 11.4. The molecule has 0 saturated heterocycles. The van der Waals surface area contributed by atoms with Crippen LogP contribution in [0.25, 0.3) is 0 Å². The highest BCUT2D eigenvalue weighted by atomic mass is 16.5. The number of carbonyl (C=O) groups excluding carboxylic acids is 1. The molecule has 0 spiro atoms. The maximum Gasteiger partial charge on any atom is 0.326 e. The second-order valence-electron chi connectivity index (χ2n) is 11.3. The number of ether oxygens (including phenoxy) is 1. The maximum absolute atomic E-state index is 12.4. The summed E-state index contributed by atoms with van der Waals surface area (Å²) in [5.74, 6) is 0.620. The molecule has 0 fully saturated rings. The molecule has 208 valence electrons. The molecule has 1 aromatic carbocycles. The summed E-state index contributed by atoms with van der Waals surface area (Å²) in [5, 5.41) is 15.8. The topological polar surface area (TPSA) is 104 Å². The van der Waals surface area contributed by atoms with Crippen LogP contribution < -0.4 is 15.4 Å². The van der Waals surface area contributed by atoms with Crippen LogP contribution in [0, 0.1) is 5.41 Å². The summed E-state index contributed by atoms with van der Waals surface area (Å²) in [6.45, 7) is 9.45. The molecule has 3 N–H and O–H groups in total. The number of carbonyl (C=O) groups is 2. The van der Waals surface area contributed by atoms with Gasteiger partial charge in [0.05, 0.1) is 0 Å². The van der Waals surface area contributed by atoms with Crippen LogP contribution in [0.2, 0.25) is 0 Å². The van der Waals surface area contributed by atoms with Crippen molar-refractivity contribution in [1.29, 1.82) is 0 Å². The van der Waals surface area contributed by atoms with E-state index in [4.69, 9.17) is 9.72 Å². The number of nitrogens with one attached hydrogen (secondary N) is 2. The number of hydrogen-bond acceptors (Lipinski definition) is 6. The van der Waals surface area contributed by atoms with E-state index in [0.29, 0.717) is 26.1 Å². The highest BCUT2D eigenvalue weighted by molar-refractivity contribution is 5.83. The van der Waals surface area contributed by atoms with Gasteiger partial charge in [-0.2, -0.15) is 0 Å². The lowest BCUT2D eigenvalue weighted by atomic mass is 9.92. The average Bonchev–Trinajstić information content (AvgIpc) is 2.87. The molecule has 0 radical (unpaired) electrons. The summed E-state index contributed by atoms with van der Waals surface area (Å²) < 4.78 is 5.89. The van der Waals surface area contributed by atoms with E-state index in [2.05, 4.69) is 27.7 Å². The van der Waals surface area contributed by atoms with Crippen molar-refractivity contribution in [3.8, 4) is 5.75 Å². The van der Waals surface area contributed by atoms with Gasteiger partial charge in [0.1, 0.15) is 24.2 Å². The number of hydrogen-bond donors (Lipinski definition) is 3. The number of pyridine rings is 1. The predicted molar refractivity (Wildman–Crippen MR) is 151 cm³/mol. The molecule has 8 heteroatoms. The zero-order chi connectivity index (χ0) is 27.4. The Balaban J connectivity index is 1.51. The van der Waals surface area contributed by atoms with Crippen molar-refractivity contribution in [3.05, 3.63) is 53.7 Å². The Morgan fingerprint density at radius 2 is 1.89 bits per heavy atom. The second-order valence-corrected chi connectivity index (χ2v) is 11.3. The van der Waals surface area contributed by atoms with Crippen LogP contribution in [0.5, 0.6) is 5.75 Å². The van der Waals surface area contributed by atoms with Crippen LogP contribution in [-0.4, -0.2) is 65.7 Å². The van der Waals surface area contributed by atoms with E-state index >= 15 is 0 Å². The van der Waals surface area contributed by atoms with Crippen molar-refractivity contribution in [3.63, 3.8) is 0 Å². The first kappa shape index (κ1) is 29.4. The standard InChI is InChI=1S/C30H44N4O4/c1-30(2,3)22-27(35)33-26(29(36)37)16-19-34(20-21-38-25-12-5-4-6-13-25)18-8-7-11-24-15-14-23-10-9-17-31-28(23)32-24/h4-6,12-15,26H,7-11,16-22H2,1-3H3,(H,31,32)(H,33,35)(H,36,37). The van der Waals surface area contributed by atoms with Crippen LogP contribution in [0.15, 0.2) is 42.5 Å². The highest BCUT2D eigenvalue weighted by Crippen LogP contribution is 2.21. The van der Waals surface area contributed by atoms with Crippen LogP contribution in [0.1, 0.15) is 64.1 Å². The fourth-order valence-corrected chi connectivity index (χ4v) is 4.59. The maximum atomic E-state index is 12.4. The summed E-state index contributed by atoms with van der Waals surface area (Å²) >= 11 is 0. The van der Waals surface area contributed by atoms with Crippen LogP contribution in [-0.2, 0) is 22.4 Å². The van der Waals surface area contributed by atoms with Gasteiger partial charge in [-0.15, -0.1) is 0 Å². The third-order valence-corrected chi connectivity index (χ3v) is 6.59. The molecule has 8 nitrogen and oxygen atoms in total. The van der Waals surface area contributed by atoms with E-state index in [9.17, 15) is 14.7 Å². The van der Waals surface area contributed by atoms with Crippen LogP contribution in [0.4, 0.5) is 5.82 Å². The molecular weight excluding hydrogens is 480 g/mol. The SMILES string of the molecule is CC(C)(C)CC(=O)NC(CCN(CCCCc1ccc2c(n1)NCCC2)CCOc1ccccc1)C(=O)O. The van der Waals surface area contributed by atoms with Gasteiger partial charge in [-0.25, -0.2) is 9.78 Å². The Morgan fingerprint density at radius 1 is 1.11 bits per heavy atom. The fraction of sp³-hybridized carbons (Fsp3) is 0.567. The molecule has 1 aliphatic rings. The van der Waals surface area contributed by atoms with Gasteiger partial charge in [-0.05, 0) is 74.2 Å². The average molecular weight is 525 g/mol. The zero-order valence-electron chi connectivity index (χ0n) is 23.2. The number of anilines is 1. The van der Waals surface area contributed by atoms with Gasteiger partial charge in [0.15, 0.2) is 0 Å². The third-order valence-electron chi connectivity index (χ3n) is 6.59. The molecule has 0 saturated carbocycles. The summed E-state index contributed by atoms with van der Waals surface area (Å²) in [6, 6.07) is 13.1. The number of aryl methyl sites for hydroxylation is 2. The van der Waals surface area contributed by atoms with Crippen LogP contribution >= 0.6 is 0 Å². The van der Waals surface area contributed by atoms with Crippen LogP contribution in [0.3, 0.4) is 0 Å². The number of carboxylic acid groups (broad SMARTS) is 1. The number of amides is 1. The number of nitrogens with zero attached hydrogens (tertiary/aromatic N) is 2. The quantitative estimate of drug-likeness (QED) is 0.294. The molecule has 0 aliphatic carbocycles. The van der Waals surface area contributed by atoms with Crippen molar-refractivity contribution in [2.45, 2.75) is 71.8 Å². The van der Waals surface area contributed by atoms with Gasteiger partial charge in [-0.3, -0.25) is 9.69 Å². The van der Waals surface area contributed by atoms with E-state index in [-0.39, 0.29) is 17.7 Å². The minimum atomic E-state index is -1.00. The van der Waals surface area contributed by atoms with Gasteiger partial charge in [0.25, 0.3) is 0 Å². The first-order valence-corrected chi connectivity index (χ1v) is 13.8. The lowest BCUT2D eigenvalue weighted by Gasteiger charge is -2.25. The summed E-state index contributed by atoms with van der Waals surface area (Å²) in [6.07, 6.45) is 5.73. The molecular formula is C30H44N4O4. The van der Waals surface area contributed by atoms with Gasteiger partial charge in [0, 0.05) is 31.7 Å². The molecule has 38 heavy (non-hydrogen) atoms. The number of aliphatic carboxylic acids is 1. The number of fused-ring (bicyclic) bond motifs is 1. The molecule has 2 heterocycles. The van der Waals surface area contributed by atoms with Crippen molar-refractivity contribution in [2.75, 3.05) is 38.1 Å². The van der Waals surface area contributed by atoms with Gasteiger partial charge in [0.2, 0.25) is 5.91 Å². The lowest BCUT2D eigenvalue weighted by Crippen LogP contribution is -2.44. The van der Waals surface area contributed by atoms with Crippen molar-refractivity contribution in [1.82, 2.24) is 15.2 Å². The zero-order valence-corrected chi connectivity index (χ0v) is 23.2. The summed E-state index contributed by atoms with van der Waals surface area (Å²) in [5.41, 5.74) is 2.20. The fourth-order valence-electron chi connectivity index (χ4n) is 4.59. The van der Waals surface area contributed by atoms with Gasteiger partial charge >= 0.3 is 5.97 Å². The number of aromatic nitrogens is 1. The number of para-hydroxylation sites is 1. The Bertz CT molecular complexity index is 1020. The van der Waals surface area contributed by atoms with Crippen molar-refractivity contribution < 1.29 is 19.4 Å². The molecule has 1 atom stereocenters. The predicted octanol–water partition coefficient (Wildman–Crippen LogP) is 4.54. The van der Waals surface area contributed by atoms with E-state index in [1.54, 1.807) is 0 Å². The molecule has 3 rings (SSSR count). The van der Waals surface area contributed by atoms with Gasteiger partial charge in [-0.1, -0.05) is 45.0 Å². The first-order chi connectivity index (χ1) is 18.2. The number of rotatable bonds is 15. The monoisotopic (exact) mass is 524 g/mol. The van der Waals surface area contributed by atoms with Crippen molar-refractivity contribution in [2.24, 2.45) is 5.41 Å². The minimum absolute atomic E-state index is 0.197. The minimum Gasteiger partial charge on any atom is -0.492 e. The molecule has 1 amide bonds. The number of carboxylic acids is 1. The second kappa shape index (κ2) is 14.7. The van der Waals surface area contributed by atoms with E-state index < -0.39 is 12.0 Å². The summed E-state index contributed by atoms with van der Waals surface area (Å²) in [7, 11) is 0.